The smallest absolute Gasteiger partial charge is 0.358 e. The highest BCUT2D eigenvalue weighted by Crippen LogP contribution is 2.24. The lowest BCUT2D eigenvalue weighted by Crippen LogP contribution is -1.99. The lowest BCUT2D eigenvalue weighted by atomic mass is 10.2. The molecular weight excluding hydrogens is 146 g/mol. The van der Waals surface area contributed by atoms with Crippen molar-refractivity contribution in [3.63, 3.8) is 0 Å². The van der Waals surface area contributed by atoms with Gasteiger partial charge in [-0.05, 0) is 12.8 Å². The lowest BCUT2D eigenvalue weighted by Gasteiger charge is -1.86. The minimum absolute atomic E-state index is 0.0949. The van der Waals surface area contributed by atoms with Crippen LogP contribution in [0.3, 0.4) is 0 Å². The molecule has 0 aromatic carbocycles. The highest BCUT2D eigenvalue weighted by molar-refractivity contribution is 5.87. The maximum Gasteiger partial charge on any atom is 0.358 e. The van der Waals surface area contributed by atoms with Crippen molar-refractivity contribution >= 4 is 5.97 Å². The number of aromatic carboxylic acids is 1. The summed E-state index contributed by atoms with van der Waals surface area (Å²) in [6, 6.07) is 0. The standard InChI is InChI=1S/C7H7NO3/c9-7(10)6-4-2-1-3-5(4)11-8-6/h1-3H2,(H,9,10). The van der Waals surface area contributed by atoms with Crippen LogP contribution in [0.15, 0.2) is 4.52 Å². The largest absolute Gasteiger partial charge is 0.476 e. The number of hydrogen-bond acceptors (Lipinski definition) is 3. The van der Waals surface area contributed by atoms with Crippen LogP contribution in [0.5, 0.6) is 0 Å². The highest BCUT2D eigenvalue weighted by Gasteiger charge is 2.24. The normalized spacial score (nSPS) is 14.9. The van der Waals surface area contributed by atoms with Crippen LogP contribution >= 0.6 is 0 Å². The predicted octanol–water partition coefficient (Wildman–Crippen LogP) is 0.861. The van der Waals surface area contributed by atoms with E-state index in [-0.39, 0.29) is 5.69 Å². The van der Waals surface area contributed by atoms with Gasteiger partial charge in [-0.25, -0.2) is 4.79 Å². The molecule has 0 aliphatic heterocycles. The van der Waals surface area contributed by atoms with Crippen molar-refractivity contribution in [2.45, 2.75) is 19.3 Å². The number of rotatable bonds is 1. The number of carboxylic acid groups (broad SMARTS) is 1. The fourth-order valence-corrected chi connectivity index (χ4v) is 1.39. The first-order chi connectivity index (χ1) is 5.29. The van der Waals surface area contributed by atoms with E-state index in [1.807, 2.05) is 0 Å². The van der Waals surface area contributed by atoms with Gasteiger partial charge in [-0.15, -0.1) is 0 Å². The Morgan fingerprint density at radius 2 is 2.36 bits per heavy atom. The van der Waals surface area contributed by atoms with Crippen LogP contribution in [0.2, 0.25) is 0 Å². The Balaban J connectivity index is 2.50. The molecule has 58 valence electrons. The van der Waals surface area contributed by atoms with E-state index in [0.29, 0.717) is 0 Å². The quantitative estimate of drug-likeness (QED) is 0.649. The van der Waals surface area contributed by atoms with Crippen molar-refractivity contribution in [3.8, 4) is 0 Å². The monoisotopic (exact) mass is 153 g/mol. The van der Waals surface area contributed by atoms with Gasteiger partial charge >= 0.3 is 5.97 Å². The molecule has 1 heterocycles. The Morgan fingerprint density at radius 1 is 1.55 bits per heavy atom. The van der Waals surface area contributed by atoms with Gasteiger partial charge in [-0.1, -0.05) is 5.16 Å². The molecule has 0 saturated heterocycles. The first kappa shape index (κ1) is 6.39. The fourth-order valence-electron chi connectivity index (χ4n) is 1.39. The number of aromatic nitrogens is 1. The number of hydrogen-bond donors (Lipinski definition) is 1. The van der Waals surface area contributed by atoms with Gasteiger partial charge in [0.1, 0.15) is 5.76 Å². The van der Waals surface area contributed by atoms with Gasteiger partial charge in [-0.2, -0.15) is 0 Å². The van der Waals surface area contributed by atoms with Crippen molar-refractivity contribution in [3.05, 3.63) is 17.0 Å². The zero-order valence-corrected chi connectivity index (χ0v) is 5.83. The zero-order chi connectivity index (χ0) is 7.84. The van der Waals surface area contributed by atoms with E-state index in [1.54, 1.807) is 0 Å². The molecule has 0 atom stereocenters. The van der Waals surface area contributed by atoms with Crippen LogP contribution in [0.1, 0.15) is 28.2 Å². The van der Waals surface area contributed by atoms with E-state index >= 15 is 0 Å². The summed E-state index contributed by atoms with van der Waals surface area (Å²) in [6.07, 6.45) is 2.60. The fraction of sp³-hybridized carbons (Fsp3) is 0.429. The van der Waals surface area contributed by atoms with Crippen LogP contribution in [-0.4, -0.2) is 16.2 Å². The molecule has 0 unspecified atom stereocenters. The second-order valence-corrected chi connectivity index (χ2v) is 2.59. The van der Waals surface area contributed by atoms with Crippen molar-refractivity contribution in [2.75, 3.05) is 0 Å². The molecule has 0 bridgehead atoms. The van der Waals surface area contributed by atoms with Gasteiger partial charge < -0.3 is 9.63 Å². The molecule has 0 spiro atoms. The zero-order valence-electron chi connectivity index (χ0n) is 5.83. The van der Waals surface area contributed by atoms with Crippen LogP contribution < -0.4 is 0 Å². The van der Waals surface area contributed by atoms with E-state index in [4.69, 9.17) is 9.63 Å². The minimum atomic E-state index is -0.989. The Labute approximate surface area is 62.8 Å². The Kier molecular flexibility index (Phi) is 1.21. The summed E-state index contributed by atoms with van der Waals surface area (Å²) >= 11 is 0. The number of carbonyl (C=O) groups is 1. The molecule has 0 amide bonds. The molecule has 0 radical (unpaired) electrons. The van der Waals surface area contributed by atoms with Crippen molar-refractivity contribution in [2.24, 2.45) is 0 Å². The summed E-state index contributed by atoms with van der Waals surface area (Å²) in [7, 11) is 0. The molecule has 4 heteroatoms. The molecule has 1 aliphatic carbocycles. The molecule has 11 heavy (non-hydrogen) atoms. The number of carboxylic acids is 1. The van der Waals surface area contributed by atoms with Crippen LogP contribution in [0.25, 0.3) is 0 Å². The summed E-state index contributed by atoms with van der Waals surface area (Å²) in [5.41, 5.74) is 0.884. The molecule has 1 N–H and O–H groups in total. The first-order valence-corrected chi connectivity index (χ1v) is 3.50. The van der Waals surface area contributed by atoms with E-state index in [2.05, 4.69) is 5.16 Å². The van der Waals surface area contributed by atoms with Crippen LogP contribution in [0.4, 0.5) is 0 Å². The third-order valence-electron chi connectivity index (χ3n) is 1.90. The second kappa shape index (κ2) is 2.08. The van der Waals surface area contributed by atoms with Gasteiger partial charge in [0.05, 0.1) is 0 Å². The van der Waals surface area contributed by atoms with Crippen LogP contribution in [-0.2, 0) is 12.8 Å². The van der Waals surface area contributed by atoms with Gasteiger partial charge in [0.15, 0.2) is 5.69 Å². The van der Waals surface area contributed by atoms with Gasteiger partial charge in [0.25, 0.3) is 0 Å². The number of fused-ring (bicyclic) bond motifs is 1. The minimum Gasteiger partial charge on any atom is -0.476 e. The molecule has 0 saturated carbocycles. The number of nitrogens with zero attached hydrogens (tertiary/aromatic N) is 1. The summed E-state index contributed by atoms with van der Waals surface area (Å²) in [4.78, 5) is 10.5. The maximum atomic E-state index is 10.5. The van der Waals surface area contributed by atoms with Gasteiger partial charge in [0, 0.05) is 12.0 Å². The van der Waals surface area contributed by atoms with Crippen LogP contribution in [0, 0.1) is 0 Å². The molecule has 2 rings (SSSR count). The van der Waals surface area contributed by atoms with E-state index in [1.165, 1.54) is 0 Å². The predicted molar refractivity (Wildman–Crippen MR) is 35.5 cm³/mol. The molecule has 1 aromatic rings. The Bertz CT molecular complexity index is 303. The van der Waals surface area contributed by atoms with Crippen molar-refractivity contribution in [1.29, 1.82) is 0 Å². The van der Waals surface area contributed by atoms with E-state index in [9.17, 15) is 4.79 Å². The highest BCUT2D eigenvalue weighted by atomic mass is 16.5. The first-order valence-electron chi connectivity index (χ1n) is 3.50. The summed E-state index contributed by atoms with van der Waals surface area (Å²) in [5, 5.41) is 12.1. The molecule has 1 aliphatic rings. The topological polar surface area (TPSA) is 63.3 Å². The summed E-state index contributed by atoms with van der Waals surface area (Å²) < 4.78 is 4.84. The second-order valence-electron chi connectivity index (χ2n) is 2.59. The van der Waals surface area contributed by atoms with E-state index < -0.39 is 5.97 Å². The Hall–Kier alpha value is -1.32. The molecule has 0 fully saturated rings. The average Bonchev–Trinajstić information content (AvgIpc) is 2.41. The van der Waals surface area contributed by atoms with Gasteiger partial charge in [0.2, 0.25) is 0 Å². The van der Waals surface area contributed by atoms with E-state index in [0.717, 1.165) is 30.6 Å². The van der Waals surface area contributed by atoms with Crippen molar-refractivity contribution in [1.82, 2.24) is 5.16 Å². The third kappa shape index (κ3) is 0.824. The van der Waals surface area contributed by atoms with Gasteiger partial charge in [-0.3, -0.25) is 0 Å². The Morgan fingerprint density at radius 3 is 3.09 bits per heavy atom. The SMILES string of the molecule is O=C(O)c1noc2c1CCC2. The average molecular weight is 153 g/mol. The van der Waals surface area contributed by atoms with Crippen molar-refractivity contribution < 1.29 is 14.4 Å². The maximum absolute atomic E-state index is 10.5. The third-order valence-corrected chi connectivity index (χ3v) is 1.90. The molecule has 4 nitrogen and oxygen atoms in total. The lowest BCUT2D eigenvalue weighted by molar-refractivity contribution is 0.0684. The number of aryl methyl sites for hydroxylation is 1. The molecule has 1 aromatic heterocycles. The summed E-state index contributed by atoms with van der Waals surface area (Å²) in [5.74, 6) is -0.237. The summed E-state index contributed by atoms with van der Waals surface area (Å²) in [6.45, 7) is 0. The molecular formula is C7H7NO3.